The molecule has 0 heterocycles. The quantitative estimate of drug-likeness (QED) is 0.614. The van der Waals surface area contributed by atoms with Crippen LogP contribution in [0.3, 0.4) is 0 Å². The van der Waals surface area contributed by atoms with Gasteiger partial charge in [-0.3, -0.25) is 9.59 Å². The molecule has 0 saturated carbocycles. The van der Waals surface area contributed by atoms with E-state index in [1.54, 1.807) is 4.90 Å². The number of hydrogen-bond acceptors (Lipinski definition) is 3. The van der Waals surface area contributed by atoms with Crippen molar-refractivity contribution in [2.24, 2.45) is 0 Å². The molecule has 0 aliphatic heterocycles. The molecule has 0 bridgehead atoms. The fourth-order valence-electron chi connectivity index (χ4n) is 3.05. The van der Waals surface area contributed by atoms with Crippen molar-refractivity contribution in [3.8, 4) is 0 Å². The van der Waals surface area contributed by atoms with Crippen molar-refractivity contribution in [1.29, 1.82) is 0 Å². The Labute approximate surface area is 172 Å². The maximum atomic E-state index is 13.0. The summed E-state index contributed by atoms with van der Waals surface area (Å²) in [6.07, 6.45) is 1.33. The molecule has 2 rings (SSSR count). The van der Waals surface area contributed by atoms with Gasteiger partial charge in [0.1, 0.15) is 6.04 Å². The first kappa shape index (κ1) is 22.0. The average molecular weight is 399 g/mol. The molecule has 0 spiro atoms. The Bertz CT molecular complexity index is 747. The van der Waals surface area contributed by atoms with Gasteiger partial charge in [0.15, 0.2) is 0 Å². The lowest BCUT2D eigenvalue weighted by atomic mass is 10.1. The van der Waals surface area contributed by atoms with Crippen molar-refractivity contribution >= 4 is 23.6 Å². The largest absolute Gasteiger partial charge is 0.355 e. The SMILES string of the molecule is CCNC(=O)[C@H](CC)N(CCc1ccccc1)C(=O)CSc1ccc(C)cc1. The summed E-state index contributed by atoms with van der Waals surface area (Å²) in [4.78, 5) is 28.4. The van der Waals surface area contributed by atoms with E-state index in [0.29, 0.717) is 25.3 Å². The Hall–Kier alpha value is -2.27. The third-order valence-electron chi connectivity index (χ3n) is 4.60. The Kier molecular flexibility index (Phi) is 9.08. The van der Waals surface area contributed by atoms with Crippen LogP contribution in [0.25, 0.3) is 0 Å². The van der Waals surface area contributed by atoms with E-state index < -0.39 is 6.04 Å². The number of thioether (sulfide) groups is 1. The predicted octanol–water partition coefficient (Wildman–Crippen LogP) is 4.07. The standard InChI is InChI=1S/C23H30N2O2S/c1-4-21(23(27)24-5-2)25(16-15-19-9-7-6-8-10-19)22(26)17-28-20-13-11-18(3)12-14-20/h6-14,21H,4-5,15-17H2,1-3H3,(H,24,27)/t21-/m0/s1. The van der Waals surface area contributed by atoms with Crippen LogP contribution in [-0.2, 0) is 16.0 Å². The number of carbonyl (C=O) groups is 2. The van der Waals surface area contributed by atoms with Crippen LogP contribution in [0.1, 0.15) is 31.4 Å². The fourth-order valence-corrected chi connectivity index (χ4v) is 3.83. The fraction of sp³-hybridized carbons (Fsp3) is 0.391. The third kappa shape index (κ3) is 6.71. The molecule has 0 unspecified atom stereocenters. The zero-order valence-corrected chi connectivity index (χ0v) is 17.8. The van der Waals surface area contributed by atoms with Crippen molar-refractivity contribution in [3.05, 3.63) is 65.7 Å². The van der Waals surface area contributed by atoms with Crippen LogP contribution in [0.15, 0.2) is 59.5 Å². The minimum atomic E-state index is -0.435. The van der Waals surface area contributed by atoms with Gasteiger partial charge < -0.3 is 10.2 Å². The first-order valence-corrected chi connectivity index (χ1v) is 10.8. The third-order valence-corrected chi connectivity index (χ3v) is 5.60. The molecule has 0 aliphatic carbocycles. The molecule has 5 heteroatoms. The molecule has 2 amide bonds. The maximum Gasteiger partial charge on any atom is 0.242 e. The number of rotatable bonds is 10. The number of nitrogens with zero attached hydrogens (tertiary/aromatic N) is 1. The Morgan fingerprint density at radius 3 is 2.32 bits per heavy atom. The summed E-state index contributed by atoms with van der Waals surface area (Å²) in [5.74, 6) is 0.250. The van der Waals surface area contributed by atoms with Gasteiger partial charge >= 0.3 is 0 Å². The lowest BCUT2D eigenvalue weighted by Crippen LogP contribution is -2.50. The lowest BCUT2D eigenvalue weighted by Gasteiger charge is -2.30. The average Bonchev–Trinajstić information content (AvgIpc) is 2.71. The number of amides is 2. The van der Waals surface area contributed by atoms with E-state index in [1.807, 2.05) is 63.2 Å². The van der Waals surface area contributed by atoms with Gasteiger partial charge in [0.05, 0.1) is 5.75 Å². The normalized spacial score (nSPS) is 11.7. The van der Waals surface area contributed by atoms with E-state index in [2.05, 4.69) is 17.4 Å². The number of carbonyl (C=O) groups excluding carboxylic acids is 2. The second-order valence-electron chi connectivity index (χ2n) is 6.74. The smallest absolute Gasteiger partial charge is 0.242 e. The molecule has 0 aliphatic rings. The van der Waals surface area contributed by atoms with E-state index in [1.165, 1.54) is 17.3 Å². The van der Waals surface area contributed by atoms with Crippen molar-refractivity contribution in [2.75, 3.05) is 18.8 Å². The molecule has 1 atom stereocenters. The lowest BCUT2D eigenvalue weighted by molar-refractivity contribution is -0.138. The summed E-state index contributed by atoms with van der Waals surface area (Å²) in [5, 5.41) is 2.87. The Balaban J connectivity index is 2.09. The molecule has 0 aromatic heterocycles. The molecule has 150 valence electrons. The van der Waals surface area contributed by atoms with Crippen LogP contribution in [0.2, 0.25) is 0 Å². The van der Waals surface area contributed by atoms with Gasteiger partial charge in [0.2, 0.25) is 11.8 Å². The molecule has 2 aromatic carbocycles. The second kappa shape index (κ2) is 11.5. The minimum absolute atomic E-state index is 0.000362. The predicted molar refractivity (Wildman–Crippen MR) is 117 cm³/mol. The number of hydrogen-bond donors (Lipinski definition) is 1. The molecule has 2 aromatic rings. The molecule has 0 radical (unpaired) electrons. The second-order valence-corrected chi connectivity index (χ2v) is 7.79. The van der Waals surface area contributed by atoms with Crippen molar-refractivity contribution < 1.29 is 9.59 Å². The molecular weight excluding hydrogens is 368 g/mol. The van der Waals surface area contributed by atoms with E-state index in [-0.39, 0.29) is 11.8 Å². The number of nitrogens with one attached hydrogen (secondary N) is 1. The molecule has 4 nitrogen and oxygen atoms in total. The van der Waals surface area contributed by atoms with Crippen LogP contribution in [0, 0.1) is 6.92 Å². The van der Waals surface area contributed by atoms with E-state index in [0.717, 1.165) is 16.9 Å². The van der Waals surface area contributed by atoms with Crippen molar-refractivity contribution in [3.63, 3.8) is 0 Å². The van der Waals surface area contributed by atoms with E-state index in [4.69, 9.17) is 0 Å². The Morgan fingerprint density at radius 2 is 1.71 bits per heavy atom. The highest BCUT2D eigenvalue weighted by Crippen LogP contribution is 2.20. The summed E-state index contributed by atoms with van der Waals surface area (Å²) in [7, 11) is 0. The van der Waals surface area contributed by atoms with Crippen LogP contribution < -0.4 is 5.32 Å². The monoisotopic (exact) mass is 398 g/mol. The molecule has 28 heavy (non-hydrogen) atoms. The van der Waals surface area contributed by atoms with E-state index in [9.17, 15) is 9.59 Å². The number of aryl methyl sites for hydroxylation is 1. The van der Waals surface area contributed by atoms with Gasteiger partial charge in [-0.25, -0.2) is 0 Å². The topological polar surface area (TPSA) is 49.4 Å². The van der Waals surface area contributed by atoms with Gasteiger partial charge in [-0.1, -0.05) is 55.0 Å². The number of likely N-dealkylation sites (N-methyl/N-ethyl adjacent to an activating group) is 1. The molecule has 1 N–H and O–H groups in total. The van der Waals surface area contributed by atoms with Crippen LogP contribution in [0.5, 0.6) is 0 Å². The zero-order valence-electron chi connectivity index (χ0n) is 17.0. The maximum absolute atomic E-state index is 13.0. The van der Waals surface area contributed by atoms with Gasteiger partial charge in [-0.05, 0) is 44.4 Å². The highest BCUT2D eigenvalue weighted by Gasteiger charge is 2.27. The first-order valence-electron chi connectivity index (χ1n) is 9.85. The summed E-state index contributed by atoms with van der Waals surface area (Å²) in [5.41, 5.74) is 2.36. The summed E-state index contributed by atoms with van der Waals surface area (Å²) in [6.45, 7) is 6.99. The molecule has 0 saturated heterocycles. The van der Waals surface area contributed by atoms with Gasteiger partial charge in [-0.15, -0.1) is 11.8 Å². The van der Waals surface area contributed by atoms with Gasteiger partial charge in [-0.2, -0.15) is 0 Å². The van der Waals surface area contributed by atoms with Gasteiger partial charge in [0.25, 0.3) is 0 Å². The first-order chi connectivity index (χ1) is 13.5. The van der Waals surface area contributed by atoms with Crippen molar-refractivity contribution in [2.45, 2.75) is 44.6 Å². The van der Waals surface area contributed by atoms with Gasteiger partial charge in [0, 0.05) is 18.0 Å². The summed E-state index contributed by atoms with van der Waals surface area (Å²) >= 11 is 1.52. The van der Waals surface area contributed by atoms with E-state index >= 15 is 0 Å². The number of benzene rings is 2. The molecule has 0 fully saturated rings. The molecular formula is C23H30N2O2S. The highest BCUT2D eigenvalue weighted by atomic mass is 32.2. The Morgan fingerprint density at radius 1 is 1.04 bits per heavy atom. The highest BCUT2D eigenvalue weighted by molar-refractivity contribution is 8.00. The summed E-state index contributed by atoms with van der Waals surface area (Å²) < 4.78 is 0. The minimum Gasteiger partial charge on any atom is -0.355 e. The van der Waals surface area contributed by atoms with Crippen molar-refractivity contribution in [1.82, 2.24) is 10.2 Å². The van der Waals surface area contributed by atoms with Crippen LogP contribution in [0.4, 0.5) is 0 Å². The van der Waals surface area contributed by atoms with Crippen LogP contribution in [-0.4, -0.2) is 41.6 Å². The van der Waals surface area contributed by atoms with Crippen LogP contribution >= 0.6 is 11.8 Å². The summed E-state index contributed by atoms with van der Waals surface area (Å²) in [6, 6.07) is 17.8. The zero-order chi connectivity index (χ0) is 20.4.